The Bertz CT molecular complexity index is 437. The number of benzene rings is 1. The van der Waals surface area contributed by atoms with Crippen molar-refractivity contribution in [2.45, 2.75) is 13.8 Å². The molecule has 1 amide bonds. The molecule has 0 unspecified atom stereocenters. The summed E-state index contributed by atoms with van der Waals surface area (Å²) >= 11 is 0. The Kier molecular flexibility index (Phi) is 4.87. The van der Waals surface area contributed by atoms with Crippen LogP contribution in [0.3, 0.4) is 0 Å². The Morgan fingerprint density at radius 3 is 2.56 bits per heavy atom. The molecule has 0 spiro atoms. The maximum Gasteiger partial charge on any atom is 0.491 e. The van der Waals surface area contributed by atoms with Crippen molar-refractivity contribution < 1.29 is 19.2 Å². The lowest BCUT2D eigenvalue weighted by molar-refractivity contribution is 0.0774. The maximum absolute atomic E-state index is 13.9. The highest BCUT2D eigenvalue weighted by molar-refractivity contribution is 6.58. The predicted molar refractivity (Wildman–Crippen MR) is 68.0 cm³/mol. The topological polar surface area (TPSA) is 60.8 Å². The number of hydrogen-bond acceptors (Lipinski definition) is 3. The average Bonchev–Trinajstić information content (AvgIpc) is 2.27. The van der Waals surface area contributed by atoms with E-state index in [-0.39, 0.29) is 16.9 Å². The smallest absolute Gasteiger partial charge is 0.423 e. The van der Waals surface area contributed by atoms with Gasteiger partial charge in [-0.2, -0.15) is 0 Å². The zero-order valence-corrected chi connectivity index (χ0v) is 10.7. The van der Waals surface area contributed by atoms with E-state index in [1.54, 1.807) is 7.05 Å². The fourth-order valence-electron chi connectivity index (χ4n) is 1.75. The Balaban J connectivity index is 3.03. The van der Waals surface area contributed by atoms with Crippen LogP contribution in [0.25, 0.3) is 0 Å². The van der Waals surface area contributed by atoms with Crippen molar-refractivity contribution in [3.05, 3.63) is 29.6 Å². The van der Waals surface area contributed by atoms with Gasteiger partial charge in [0.25, 0.3) is 5.91 Å². The van der Waals surface area contributed by atoms with Gasteiger partial charge in [-0.05, 0) is 12.0 Å². The molecular weight excluding hydrogens is 236 g/mol. The number of nitrogens with zero attached hydrogens (tertiary/aromatic N) is 1. The Hall–Kier alpha value is -1.40. The quantitative estimate of drug-likeness (QED) is 0.755. The summed E-state index contributed by atoms with van der Waals surface area (Å²) in [6.45, 7) is 4.41. The number of amides is 1. The zero-order valence-electron chi connectivity index (χ0n) is 10.7. The summed E-state index contributed by atoms with van der Waals surface area (Å²) in [5, 5.41) is 18.0. The molecule has 0 saturated carbocycles. The zero-order chi connectivity index (χ0) is 13.9. The minimum absolute atomic E-state index is 0.149. The minimum Gasteiger partial charge on any atom is -0.423 e. The third-order valence-electron chi connectivity index (χ3n) is 2.52. The van der Waals surface area contributed by atoms with Gasteiger partial charge in [-0.1, -0.05) is 26.0 Å². The van der Waals surface area contributed by atoms with Crippen molar-refractivity contribution in [1.82, 2.24) is 4.90 Å². The lowest BCUT2D eigenvalue weighted by Gasteiger charge is -2.20. The second-order valence-corrected chi connectivity index (χ2v) is 4.66. The summed E-state index contributed by atoms with van der Waals surface area (Å²) in [4.78, 5) is 13.4. The van der Waals surface area contributed by atoms with Gasteiger partial charge in [-0.25, -0.2) is 4.39 Å². The first-order valence-corrected chi connectivity index (χ1v) is 5.74. The van der Waals surface area contributed by atoms with Crippen molar-refractivity contribution in [3.8, 4) is 0 Å². The van der Waals surface area contributed by atoms with Crippen molar-refractivity contribution in [2.75, 3.05) is 13.6 Å². The summed E-state index contributed by atoms with van der Waals surface area (Å²) in [7, 11) is -0.336. The van der Waals surface area contributed by atoms with Crippen LogP contribution in [-0.2, 0) is 0 Å². The van der Waals surface area contributed by atoms with Gasteiger partial charge in [-0.3, -0.25) is 4.79 Å². The third-order valence-corrected chi connectivity index (χ3v) is 2.52. The summed E-state index contributed by atoms with van der Waals surface area (Å²) in [5.74, 6) is -1.08. The SMILES string of the molecule is CC(C)CN(C)C(=O)c1cccc(B(O)O)c1F. The molecule has 0 atom stereocenters. The summed E-state index contributed by atoms with van der Waals surface area (Å²) in [5.41, 5.74) is -0.442. The van der Waals surface area contributed by atoms with E-state index >= 15 is 0 Å². The number of hydrogen-bond donors (Lipinski definition) is 2. The van der Waals surface area contributed by atoms with Crippen molar-refractivity contribution in [3.63, 3.8) is 0 Å². The van der Waals surface area contributed by atoms with Crippen LogP contribution in [0.1, 0.15) is 24.2 Å². The monoisotopic (exact) mass is 253 g/mol. The maximum atomic E-state index is 13.9. The van der Waals surface area contributed by atoms with Crippen LogP contribution >= 0.6 is 0 Å². The van der Waals surface area contributed by atoms with Gasteiger partial charge in [0, 0.05) is 19.1 Å². The molecule has 1 aromatic rings. The number of carbonyl (C=O) groups is 1. The molecule has 98 valence electrons. The van der Waals surface area contributed by atoms with E-state index < -0.39 is 18.8 Å². The standard InChI is InChI=1S/C12H17BFNO3/c1-8(2)7-15(3)12(16)9-5-4-6-10(11(9)14)13(17)18/h4-6,8,17-18H,7H2,1-3H3. The lowest BCUT2D eigenvalue weighted by Crippen LogP contribution is -2.36. The molecule has 6 heteroatoms. The van der Waals surface area contributed by atoms with E-state index in [0.29, 0.717) is 6.54 Å². The lowest BCUT2D eigenvalue weighted by atomic mass is 9.79. The van der Waals surface area contributed by atoms with E-state index in [4.69, 9.17) is 10.0 Å². The molecule has 0 aliphatic heterocycles. The molecule has 0 radical (unpaired) electrons. The van der Waals surface area contributed by atoms with Gasteiger partial charge in [0.15, 0.2) is 0 Å². The number of rotatable bonds is 4. The Morgan fingerprint density at radius 2 is 2.06 bits per heavy atom. The highest BCUT2D eigenvalue weighted by Gasteiger charge is 2.23. The molecule has 0 saturated heterocycles. The average molecular weight is 253 g/mol. The first kappa shape index (κ1) is 14.7. The van der Waals surface area contributed by atoms with Gasteiger partial charge >= 0.3 is 7.12 Å². The fourth-order valence-corrected chi connectivity index (χ4v) is 1.75. The first-order chi connectivity index (χ1) is 8.34. The van der Waals surface area contributed by atoms with E-state index in [1.807, 2.05) is 13.8 Å². The summed E-state index contributed by atoms with van der Waals surface area (Å²) < 4.78 is 13.9. The second-order valence-electron chi connectivity index (χ2n) is 4.66. The molecule has 1 rings (SSSR count). The molecule has 18 heavy (non-hydrogen) atoms. The highest BCUT2D eigenvalue weighted by atomic mass is 19.1. The minimum atomic E-state index is -1.92. The molecular formula is C12H17BFNO3. The summed E-state index contributed by atoms with van der Waals surface area (Å²) in [6, 6.07) is 3.99. The first-order valence-electron chi connectivity index (χ1n) is 5.74. The second kappa shape index (κ2) is 5.97. The Morgan fingerprint density at radius 1 is 1.44 bits per heavy atom. The van der Waals surface area contributed by atoms with Crippen LogP contribution in [0, 0.1) is 11.7 Å². The highest BCUT2D eigenvalue weighted by Crippen LogP contribution is 2.09. The van der Waals surface area contributed by atoms with E-state index in [2.05, 4.69) is 0 Å². The molecule has 1 aromatic carbocycles. The van der Waals surface area contributed by atoms with Crippen molar-refractivity contribution in [1.29, 1.82) is 0 Å². The van der Waals surface area contributed by atoms with Gasteiger partial charge in [0.2, 0.25) is 0 Å². The fraction of sp³-hybridized carbons (Fsp3) is 0.417. The van der Waals surface area contributed by atoms with E-state index in [9.17, 15) is 9.18 Å². The predicted octanol–water partition coefficient (Wildman–Crippen LogP) is 0.234. The van der Waals surface area contributed by atoms with Crippen LogP contribution in [0.15, 0.2) is 18.2 Å². The molecule has 0 aromatic heterocycles. The van der Waals surface area contributed by atoms with E-state index in [1.165, 1.54) is 23.1 Å². The molecule has 2 N–H and O–H groups in total. The normalized spacial score (nSPS) is 10.6. The van der Waals surface area contributed by atoms with Crippen molar-refractivity contribution >= 4 is 18.5 Å². The molecule has 0 aliphatic carbocycles. The van der Waals surface area contributed by atoms with Crippen LogP contribution < -0.4 is 5.46 Å². The molecule has 4 nitrogen and oxygen atoms in total. The Labute approximate surface area is 106 Å². The summed E-state index contributed by atoms with van der Waals surface area (Å²) in [6.07, 6.45) is 0. The van der Waals surface area contributed by atoms with Gasteiger partial charge in [0.05, 0.1) is 5.56 Å². The van der Waals surface area contributed by atoms with Crippen molar-refractivity contribution in [2.24, 2.45) is 5.92 Å². The molecule has 0 heterocycles. The van der Waals surface area contributed by atoms with Gasteiger partial charge in [-0.15, -0.1) is 0 Å². The molecule has 0 aliphatic rings. The molecule has 0 fully saturated rings. The van der Waals surface area contributed by atoms with E-state index in [0.717, 1.165) is 0 Å². The van der Waals surface area contributed by atoms with Gasteiger partial charge in [0.1, 0.15) is 5.82 Å². The molecule has 0 bridgehead atoms. The number of carbonyl (C=O) groups excluding carboxylic acids is 1. The largest absolute Gasteiger partial charge is 0.491 e. The van der Waals surface area contributed by atoms with Gasteiger partial charge < -0.3 is 14.9 Å². The number of halogens is 1. The third kappa shape index (κ3) is 3.30. The van der Waals surface area contributed by atoms with Crippen LogP contribution in [0.4, 0.5) is 4.39 Å². The van der Waals surface area contributed by atoms with Crippen LogP contribution in [0.5, 0.6) is 0 Å². The van der Waals surface area contributed by atoms with Crippen LogP contribution in [-0.4, -0.2) is 41.6 Å². The van der Waals surface area contributed by atoms with Crippen LogP contribution in [0.2, 0.25) is 0 Å².